The highest BCUT2D eigenvalue weighted by atomic mass is 16.6. The van der Waals surface area contributed by atoms with E-state index in [0.717, 1.165) is 0 Å². The summed E-state index contributed by atoms with van der Waals surface area (Å²) in [7, 11) is 1.48. The van der Waals surface area contributed by atoms with Gasteiger partial charge in [0, 0.05) is 6.42 Å². The van der Waals surface area contributed by atoms with Gasteiger partial charge in [-0.1, -0.05) is 13.0 Å². The SMILES string of the molecule is CCOC(=O)c1ccc(N2N=C(C)/C(=C/c3ccc(OC(=O)CC)c(OC)c3)C2=O)cc1. The third kappa shape index (κ3) is 4.85. The van der Waals surface area contributed by atoms with Crippen LogP contribution in [0.2, 0.25) is 0 Å². The molecule has 0 saturated heterocycles. The fourth-order valence-electron chi connectivity index (χ4n) is 3.03. The normalized spacial score (nSPS) is 14.4. The van der Waals surface area contributed by atoms with E-state index in [1.165, 1.54) is 12.1 Å². The molecule has 8 heteroatoms. The van der Waals surface area contributed by atoms with Crippen molar-refractivity contribution in [2.24, 2.45) is 5.10 Å². The summed E-state index contributed by atoms with van der Waals surface area (Å²) >= 11 is 0. The van der Waals surface area contributed by atoms with Crippen molar-refractivity contribution in [2.75, 3.05) is 18.7 Å². The molecule has 8 nitrogen and oxygen atoms in total. The number of ether oxygens (including phenoxy) is 3. The number of hydrazone groups is 1. The Hall–Kier alpha value is -3.94. The molecule has 0 radical (unpaired) electrons. The maximum atomic E-state index is 13.0. The zero-order valence-corrected chi connectivity index (χ0v) is 18.4. The maximum absolute atomic E-state index is 13.0. The van der Waals surface area contributed by atoms with E-state index in [-0.39, 0.29) is 24.9 Å². The van der Waals surface area contributed by atoms with Gasteiger partial charge in [0.1, 0.15) is 0 Å². The van der Waals surface area contributed by atoms with Crippen molar-refractivity contribution < 1.29 is 28.6 Å². The van der Waals surface area contributed by atoms with Crippen LogP contribution in [0.1, 0.15) is 43.1 Å². The quantitative estimate of drug-likeness (QED) is 0.370. The first-order valence-corrected chi connectivity index (χ1v) is 10.2. The Morgan fingerprint density at radius 3 is 2.41 bits per heavy atom. The predicted molar refractivity (Wildman–Crippen MR) is 120 cm³/mol. The highest BCUT2D eigenvalue weighted by Gasteiger charge is 2.29. The molecular weight excluding hydrogens is 412 g/mol. The van der Waals surface area contributed by atoms with Crippen molar-refractivity contribution in [2.45, 2.75) is 27.2 Å². The lowest BCUT2D eigenvalue weighted by molar-refractivity contribution is -0.134. The van der Waals surface area contributed by atoms with Crippen LogP contribution in [0, 0.1) is 0 Å². The van der Waals surface area contributed by atoms with Gasteiger partial charge in [0.2, 0.25) is 0 Å². The van der Waals surface area contributed by atoms with E-state index in [0.29, 0.717) is 39.6 Å². The van der Waals surface area contributed by atoms with Crippen LogP contribution in [0.25, 0.3) is 6.08 Å². The van der Waals surface area contributed by atoms with Gasteiger partial charge in [-0.3, -0.25) is 9.59 Å². The molecule has 0 unspecified atom stereocenters. The van der Waals surface area contributed by atoms with Crippen molar-refractivity contribution in [1.29, 1.82) is 0 Å². The van der Waals surface area contributed by atoms with E-state index in [1.807, 2.05) is 0 Å². The molecule has 1 aliphatic heterocycles. The summed E-state index contributed by atoms with van der Waals surface area (Å²) in [6, 6.07) is 11.5. The average molecular weight is 436 g/mol. The van der Waals surface area contributed by atoms with Gasteiger partial charge in [-0.15, -0.1) is 0 Å². The van der Waals surface area contributed by atoms with E-state index in [9.17, 15) is 14.4 Å². The van der Waals surface area contributed by atoms with Gasteiger partial charge < -0.3 is 14.2 Å². The van der Waals surface area contributed by atoms with Crippen LogP contribution in [-0.4, -0.2) is 37.3 Å². The van der Waals surface area contributed by atoms with Gasteiger partial charge in [0.25, 0.3) is 5.91 Å². The molecule has 32 heavy (non-hydrogen) atoms. The second-order valence-corrected chi connectivity index (χ2v) is 6.87. The fourth-order valence-corrected chi connectivity index (χ4v) is 3.03. The van der Waals surface area contributed by atoms with Crippen LogP contribution in [0.4, 0.5) is 5.69 Å². The number of carbonyl (C=O) groups excluding carboxylic acids is 3. The van der Waals surface area contributed by atoms with Crippen LogP contribution in [0.15, 0.2) is 53.1 Å². The zero-order chi connectivity index (χ0) is 23.3. The molecular formula is C24H24N2O6. The molecule has 0 fully saturated rings. The molecule has 0 atom stereocenters. The fraction of sp³-hybridized carbons (Fsp3) is 0.250. The number of amides is 1. The van der Waals surface area contributed by atoms with E-state index in [1.54, 1.807) is 69.3 Å². The highest BCUT2D eigenvalue weighted by Crippen LogP contribution is 2.31. The van der Waals surface area contributed by atoms with Gasteiger partial charge in [0.15, 0.2) is 11.5 Å². The molecule has 2 aromatic carbocycles. The Morgan fingerprint density at radius 1 is 1.06 bits per heavy atom. The minimum Gasteiger partial charge on any atom is -0.493 e. The summed E-state index contributed by atoms with van der Waals surface area (Å²) in [6.45, 7) is 5.47. The molecule has 0 saturated carbocycles. The number of hydrogen-bond donors (Lipinski definition) is 0. The second kappa shape index (κ2) is 9.91. The molecule has 0 spiro atoms. The lowest BCUT2D eigenvalue weighted by atomic mass is 10.1. The molecule has 0 aliphatic carbocycles. The van der Waals surface area contributed by atoms with E-state index < -0.39 is 5.97 Å². The maximum Gasteiger partial charge on any atom is 0.338 e. The summed E-state index contributed by atoms with van der Waals surface area (Å²) in [4.78, 5) is 36.4. The Kier molecular flexibility index (Phi) is 7.04. The monoisotopic (exact) mass is 436 g/mol. The van der Waals surface area contributed by atoms with Crippen LogP contribution < -0.4 is 14.5 Å². The predicted octanol–water partition coefficient (Wildman–Crippen LogP) is 3.99. The number of anilines is 1. The molecule has 0 N–H and O–H groups in total. The molecule has 3 rings (SSSR count). The molecule has 1 amide bonds. The van der Waals surface area contributed by atoms with Crippen LogP contribution >= 0.6 is 0 Å². The minimum atomic E-state index is -0.422. The molecule has 0 bridgehead atoms. The molecule has 0 aromatic heterocycles. The van der Waals surface area contributed by atoms with Crippen LogP contribution in [-0.2, 0) is 14.3 Å². The molecule has 1 aliphatic rings. The summed E-state index contributed by atoms with van der Waals surface area (Å²) < 4.78 is 15.5. The topological polar surface area (TPSA) is 94.5 Å². The van der Waals surface area contributed by atoms with Crippen molar-refractivity contribution in [3.05, 3.63) is 59.2 Å². The van der Waals surface area contributed by atoms with Gasteiger partial charge in [-0.2, -0.15) is 10.1 Å². The van der Waals surface area contributed by atoms with E-state index in [2.05, 4.69) is 5.10 Å². The summed E-state index contributed by atoms with van der Waals surface area (Å²) in [5.41, 5.74) is 2.58. The number of benzene rings is 2. The lowest BCUT2D eigenvalue weighted by Gasteiger charge is -2.12. The first-order chi connectivity index (χ1) is 15.4. The Bertz CT molecular complexity index is 1100. The summed E-state index contributed by atoms with van der Waals surface area (Å²) in [5.74, 6) is -0.394. The van der Waals surface area contributed by atoms with Gasteiger partial charge >= 0.3 is 11.9 Å². The van der Waals surface area contributed by atoms with Crippen molar-refractivity contribution in [3.8, 4) is 11.5 Å². The van der Waals surface area contributed by atoms with E-state index in [4.69, 9.17) is 14.2 Å². The zero-order valence-electron chi connectivity index (χ0n) is 18.4. The van der Waals surface area contributed by atoms with Crippen LogP contribution in [0.3, 0.4) is 0 Å². The smallest absolute Gasteiger partial charge is 0.338 e. The van der Waals surface area contributed by atoms with E-state index >= 15 is 0 Å². The number of nitrogens with zero attached hydrogens (tertiary/aromatic N) is 2. The molecule has 2 aromatic rings. The standard InChI is InChI=1S/C24H24N2O6/c1-5-22(27)32-20-12-7-16(14-21(20)30-4)13-19-15(3)25-26(23(19)28)18-10-8-17(9-11-18)24(29)31-6-2/h7-14H,5-6H2,1-4H3/b19-13-. The first kappa shape index (κ1) is 22.7. The number of methoxy groups -OCH3 is 1. The minimum absolute atomic E-state index is 0.246. The van der Waals surface area contributed by atoms with Crippen molar-refractivity contribution >= 4 is 35.3 Å². The number of carbonyl (C=O) groups is 3. The third-order valence-corrected chi connectivity index (χ3v) is 4.70. The third-order valence-electron chi connectivity index (χ3n) is 4.70. The van der Waals surface area contributed by atoms with Crippen LogP contribution in [0.5, 0.6) is 11.5 Å². The Labute approximate surface area is 186 Å². The van der Waals surface area contributed by atoms with Gasteiger partial charge in [-0.05, 0) is 61.9 Å². The van der Waals surface area contributed by atoms with Crippen molar-refractivity contribution in [3.63, 3.8) is 0 Å². The molecule has 1 heterocycles. The Morgan fingerprint density at radius 2 is 1.78 bits per heavy atom. The largest absolute Gasteiger partial charge is 0.493 e. The highest BCUT2D eigenvalue weighted by molar-refractivity contribution is 6.32. The van der Waals surface area contributed by atoms with Crippen molar-refractivity contribution in [1.82, 2.24) is 0 Å². The molecule has 166 valence electrons. The summed E-state index contributed by atoms with van der Waals surface area (Å²) in [5, 5.41) is 5.64. The number of rotatable bonds is 7. The first-order valence-electron chi connectivity index (χ1n) is 10.2. The van der Waals surface area contributed by atoms with Gasteiger partial charge in [-0.25, -0.2) is 4.79 Å². The second-order valence-electron chi connectivity index (χ2n) is 6.87. The number of esters is 2. The van der Waals surface area contributed by atoms with Gasteiger partial charge in [0.05, 0.1) is 36.3 Å². The number of hydrogen-bond acceptors (Lipinski definition) is 7. The summed E-state index contributed by atoms with van der Waals surface area (Å²) in [6.07, 6.45) is 1.94. The average Bonchev–Trinajstić information content (AvgIpc) is 3.08. The Balaban J connectivity index is 1.83. The lowest BCUT2D eigenvalue weighted by Crippen LogP contribution is -2.21.